The highest BCUT2D eigenvalue weighted by atomic mass is 16.3. The van der Waals surface area contributed by atoms with E-state index in [2.05, 4.69) is 40.4 Å². The molecule has 1 aromatic heterocycles. The Hall–Kier alpha value is -1.82. The quantitative estimate of drug-likeness (QED) is 0.433. The lowest BCUT2D eigenvalue weighted by Gasteiger charge is -2.27. The third kappa shape index (κ3) is 7.75. The van der Waals surface area contributed by atoms with Crippen molar-refractivity contribution in [2.24, 2.45) is 10.9 Å². The van der Waals surface area contributed by atoms with Gasteiger partial charge in [-0.25, -0.2) is 9.98 Å². The first-order chi connectivity index (χ1) is 13.3. The highest BCUT2D eigenvalue weighted by molar-refractivity contribution is 5.79. The Morgan fingerprint density at radius 1 is 1.22 bits per heavy atom. The first-order valence-electron chi connectivity index (χ1n) is 10.6. The summed E-state index contributed by atoms with van der Waals surface area (Å²) in [5, 5.41) is 16.0. The van der Waals surface area contributed by atoms with E-state index in [9.17, 15) is 5.11 Å². The molecule has 2 rings (SSSR count). The fraction of sp³-hybridized carbons (Fsp3) is 0.714. The van der Waals surface area contributed by atoms with Crippen molar-refractivity contribution in [3.8, 4) is 0 Å². The number of anilines is 1. The van der Waals surface area contributed by atoms with Crippen LogP contribution in [0.25, 0.3) is 0 Å². The number of hydrogen-bond acceptors (Lipinski definition) is 4. The normalized spacial score (nSPS) is 16.3. The summed E-state index contributed by atoms with van der Waals surface area (Å²) in [5.41, 5.74) is 1.18. The molecule has 1 unspecified atom stereocenters. The molecule has 1 saturated heterocycles. The Labute approximate surface area is 164 Å². The summed E-state index contributed by atoms with van der Waals surface area (Å²) in [6.45, 7) is 9.03. The zero-order valence-electron chi connectivity index (χ0n) is 17.1. The molecule has 0 saturated carbocycles. The smallest absolute Gasteiger partial charge is 0.191 e. The van der Waals surface area contributed by atoms with E-state index in [0.717, 1.165) is 57.2 Å². The number of aliphatic hydroxyl groups excluding tert-OH is 1. The van der Waals surface area contributed by atoms with Gasteiger partial charge in [0.1, 0.15) is 5.82 Å². The number of aliphatic imine (C=N–C) groups is 1. The van der Waals surface area contributed by atoms with E-state index in [1.54, 1.807) is 0 Å². The Morgan fingerprint density at radius 2 is 2.04 bits per heavy atom. The van der Waals surface area contributed by atoms with Crippen molar-refractivity contribution in [3.05, 3.63) is 23.9 Å². The minimum atomic E-state index is 0.246. The molecule has 2 heterocycles. The molecule has 0 bridgehead atoms. The molecule has 0 aliphatic carbocycles. The van der Waals surface area contributed by atoms with Crippen LogP contribution in [0.2, 0.25) is 0 Å². The Kier molecular flexibility index (Phi) is 9.98. The van der Waals surface area contributed by atoms with Crippen molar-refractivity contribution >= 4 is 11.8 Å². The van der Waals surface area contributed by atoms with Crippen LogP contribution >= 0.6 is 0 Å². The van der Waals surface area contributed by atoms with Gasteiger partial charge in [0.05, 0.1) is 6.54 Å². The Morgan fingerprint density at radius 3 is 2.74 bits per heavy atom. The van der Waals surface area contributed by atoms with Gasteiger partial charge in [-0.2, -0.15) is 0 Å². The van der Waals surface area contributed by atoms with Crippen LogP contribution in [-0.4, -0.2) is 48.8 Å². The molecule has 152 valence electrons. The molecular formula is C21H37N5O. The van der Waals surface area contributed by atoms with E-state index in [-0.39, 0.29) is 6.61 Å². The molecule has 0 aromatic carbocycles. The number of hydrogen-bond donors (Lipinski definition) is 3. The van der Waals surface area contributed by atoms with Gasteiger partial charge in [0, 0.05) is 39.0 Å². The standard InChI is InChI=1S/C21H37N5O/c1-3-8-18(10-14-27)16-24-21(22-4-2)25-17-19-9-11-23-20(15-19)26-12-6-5-7-13-26/h9,11,15,18,27H,3-8,10,12-14,16-17H2,1-2H3,(H2,22,24,25). The molecule has 6 heteroatoms. The molecule has 0 amide bonds. The van der Waals surface area contributed by atoms with Crippen molar-refractivity contribution in [1.82, 2.24) is 15.6 Å². The first kappa shape index (κ1) is 21.5. The second-order valence-electron chi connectivity index (χ2n) is 7.31. The summed E-state index contributed by atoms with van der Waals surface area (Å²) in [6.07, 6.45) is 8.83. The van der Waals surface area contributed by atoms with Crippen LogP contribution in [0.3, 0.4) is 0 Å². The number of guanidine groups is 1. The molecular weight excluding hydrogens is 338 g/mol. The third-order valence-corrected chi connectivity index (χ3v) is 5.05. The lowest BCUT2D eigenvalue weighted by Crippen LogP contribution is -2.40. The average molecular weight is 376 g/mol. The molecule has 3 N–H and O–H groups in total. The van der Waals surface area contributed by atoms with Crippen LogP contribution in [-0.2, 0) is 6.54 Å². The van der Waals surface area contributed by atoms with Crippen molar-refractivity contribution in [1.29, 1.82) is 0 Å². The zero-order chi connectivity index (χ0) is 19.3. The maximum Gasteiger partial charge on any atom is 0.191 e. The Bertz CT molecular complexity index is 551. The van der Waals surface area contributed by atoms with Gasteiger partial charge in [0.15, 0.2) is 5.96 Å². The van der Waals surface area contributed by atoms with E-state index in [1.165, 1.54) is 24.8 Å². The van der Waals surface area contributed by atoms with Crippen LogP contribution in [0.1, 0.15) is 57.9 Å². The maximum atomic E-state index is 9.23. The largest absolute Gasteiger partial charge is 0.396 e. The number of pyridine rings is 1. The number of aromatic nitrogens is 1. The second kappa shape index (κ2) is 12.5. The molecule has 0 radical (unpaired) electrons. The van der Waals surface area contributed by atoms with Crippen molar-refractivity contribution in [2.75, 3.05) is 37.7 Å². The lowest BCUT2D eigenvalue weighted by molar-refractivity contribution is 0.251. The molecule has 1 aliphatic rings. The number of rotatable bonds is 10. The van der Waals surface area contributed by atoms with Gasteiger partial charge in [-0.15, -0.1) is 0 Å². The summed E-state index contributed by atoms with van der Waals surface area (Å²) in [7, 11) is 0. The van der Waals surface area contributed by atoms with E-state index < -0.39 is 0 Å². The number of aliphatic hydroxyl groups is 1. The maximum absolute atomic E-state index is 9.23. The second-order valence-corrected chi connectivity index (χ2v) is 7.31. The SMILES string of the molecule is CCCC(CCO)CNC(=NCc1ccnc(N2CCCCC2)c1)NCC. The van der Waals surface area contributed by atoms with Crippen molar-refractivity contribution in [2.45, 2.75) is 58.9 Å². The number of piperidine rings is 1. The van der Waals surface area contributed by atoms with Gasteiger partial charge in [0.25, 0.3) is 0 Å². The molecule has 6 nitrogen and oxygen atoms in total. The van der Waals surface area contributed by atoms with Gasteiger partial charge >= 0.3 is 0 Å². The van der Waals surface area contributed by atoms with E-state index in [4.69, 9.17) is 4.99 Å². The van der Waals surface area contributed by atoms with Gasteiger partial charge < -0.3 is 20.6 Å². The lowest BCUT2D eigenvalue weighted by atomic mass is 10.0. The highest BCUT2D eigenvalue weighted by Gasteiger charge is 2.12. The first-order valence-corrected chi connectivity index (χ1v) is 10.6. The molecule has 0 spiro atoms. The summed E-state index contributed by atoms with van der Waals surface area (Å²) in [6, 6.07) is 4.22. The van der Waals surface area contributed by atoms with E-state index in [1.807, 2.05) is 12.3 Å². The monoisotopic (exact) mass is 375 g/mol. The van der Waals surface area contributed by atoms with E-state index >= 15 is 0 Å². The van der Waals surface area contributed by atoms with Gasteiger partial charge in [0.2, 0.25) is 0 Å². The van der Waals surface area contributed by atoms with Crippen LogP contribution in [0.4, 0.5) is 5.82 Å². The average Bonchev–Trinajstić information content (AvgIpc) is 2.71. The molecule has 1 aromatic rings. The molecule has 1 aliphatic heterocycles. The van der Waals surface area contributed by atoms with Gasteiger partial charge in [-0.1, -0.05) is 13.3 Å². The summed E-state index contributed by atoms with van der Waals surface area (Å²) in [5.74, 6) is 2.40. The fourth-order valence-electron chi connectivity index (χ4n) is 3.55. The predicted molar refractivity (Wildman–Crippen MR) is 113 cm³/mol. The van der Waals surface area contributed by atoms with Crippen LogP contribution in [0.15, 0.2) is 23.3 Å². The fourth-order valence-corrected chi connectivity index (χ4v) is 3.55. The minimum absolute atomic E-state index is 0.246. The third-order valence-electron chi connectivity index (χ3n) is 5.05. The van der Waals surface area contributed by atoms with Gasteiger partial charge in [-0.05, 0) is 62.6 Å². The van der Waals surface area contributed by atoms with Crippen molar-refractivity contribution < 1.29 is 5.11 Å². The van der Waals surface area contributed by atoms with E-state index in [0.29, 0.717) is 12.5 Å². The molecule has 1 fully saturated rings. The number of nitrogens with zero attached hydrogens (tertiary/aromatic N) is 3. The van der Waals surface area contributed by atoms with Crippen LogP contribution in [0, 0.1) is 5.92 Å². The minimum Gasteiger partial charge on any atom is -0.396 e. The zero-order valence-corrected chi connectivity index (χ0v) is 17.1. The van der Waals surface area contributed by atoms with Crippen LogP contribution in [0.5, 0.6) is 0 Å². The predicted octanol–water partition coefficient (Wildman–Crippen LogP) is 2.93. The summed E-state index contributed by atoms with van der Waals surface area (Å²) >= 11 is 0. The Balaban J connectivity index is 1.94. The topological polar surface area (TPSA) is 72.8 Å². The number of nitrogens with one attached hydrogen (secondary N) is 2. The van der Waals surface area contributed by atoms with Gasteiger partial charge in [-0.3, -0.25) is 0 Å². The molecule has 27 heavy (non-hydrogen) atoms. The van der Waals surface area contributed by atoms with Crippen molar-refractivity contribution in [3.63, 3.8) is 0 Å². The molecule has 1 atom stereocenters. The summed E-state index contributed by atoms with van der Waals surface area (Å²) in [4.78, 5) is 11.7. The van der Waals surface area contributed by atoms with Crippen LogP contribution < -0.4 is 15.5 Å². The summed E-state index contributed by atoms with van der Waals surface area (Å²) < 4.78 is 0. The highest BCUT2D eigenvalue weighted by Crippen LogP contribution is 2.18.